The van der Waals surface area contributed by atoms with E-state index >= 15 is 0 Å². The van der Waals surface area contributed by atoms with Gasteiger partial charge in [-0.2, -0.15) is 0 Å². The van der Waals surface area contributed by atoms with Crippen molar-refractivity contribution >= 4 is 12.4 Å². The molecule has 0 aromatic rings. The topological polar surface area (TPSA) is 85.9 Å². The maximum absolute atomic E-state index is 11.1. The Balaban J connectivity index is 0.000000585. The number of nitrogens with one attached hydrogen (secondary N) is 2. The lowest BCUT2D eigenvalue weighted by atomic mass is 10.2. The van der Waals surface area contributed by atoms with E-state index in [1.807, 2.05) is 34.6 Å². The van der Waals surface area contributed by atoms with E-state index < -0.39 is 0 Å². The molecule has 23 heavy (non-hydrogen) atoms. The van der Waals surface area contributed by atoms with Crippen molar-refractivity contribution in [3.63, 3.8) is 0 Å². The summed E-state index contributed by atoms with van der Waals surface area (Å²) in [7, 11) is 0. The summed E-state index contributed by atoms with van der Waals surface area (Å²) >= 11 is 0. The number of carbonyl (C=O) groups is 2. The molecule has 7 heteroatoms. The summed E-state index contributed by atoms with van der Waals surface area (Å²) in [5, 5.41) is 5.90. The molecule has 0 aromatic heterocycles. The second-order valence-electron chi connectivity index (χ2n) is 5.76. The van der Waals surface area contributed by atoms with E-state index in [0.717, 1.165) is 12.1 Å². The van der Waals surface area contributed by atoms with Gasteiger partial charge in [0.1, 0.15) is 5.60 Å². The zero-order valence-corrected chi connectivity index (χ0v) is 14.8. The average molecular weight is 330 g/mol. The molecule has 1 rings (SSSR count). The Bertz CT molecular complexity index is 371. The van der Waals surface area contributed by atoms with Crippen LogP contribution in [0.3, 0.4) is 0 Å². The van der Waals surface area contributed by atoms with Crippen molar-refractivity contribution in [3.05, 3.63) is 11.8 Å². The molecule has 1 heterocycles. The van der Waals surface area contributed by atoms with Crippen molar-refractivity contribution in [2.24, 2.45) is 0 Å². The second-order valence-corrected chi connectivity index (χ2v) is 5.76. The van der Waals surface area contributed by atoms with Gasteiger partial charge in [-0.15, -0.1) is 0 Å². The Hall–Kier alpha value is -1.60. The molecule has 2 N–H and O–H groups in total. The highest BCUT2D eigenvalue weighted by molar-refractivity contribution is 5.88. The first-order chi connectivity index (χ1) is 10.8. The fourth-order valence-corrected chi connectivity index (χ4v) is 1.64. The molecule has 0 saturated heterocycles. The molecule has 1 aliphatic rings. The molecule has 0 radical (unpaired) electrons. The van der Waals surface area contributed by atoms with Gasteiger partial charge in [0, 0.05) is 38.0 Å². The molecule has 0 fully saturated rings. The van der Waals surface area contributed by atoms with Crippen LogP contribution in [0.1, 0.15) is 41.0 Å². The Morgan fingerprint density at radius 3 is 2.30 bits per heavy atom. The lowest BCUT2D eigenvalue weighted by Crippen LogP contribution is -2.35. The summed E-state index contributed by atoms with van der Waals surface area (Å²) in [5.74, 6) is -0.0434. The molecule has 0 spiro atoms. The summed E-state index contributed by atoms with van der Waals surface area (Å²) < 4.78 is 15.3. The van der Waals surface area contributed by atoms with Crippen molar-refractivity contribution in [1.29, 1.82) is 0 Å². The highest BCUT2D eigenvalue weighted by atomic mass is 16.7. The molecule has 134 valence electrons. The van der Waals surface area contributed by atoms with E-state index in [2.05, 4.69) is 15.4 Å². The van der Waals surface area contributed by atoms with Crippen LogP contribution >= 0.6 is 0 Å². The molecular formula is C16H30N2O5. The van der Waals surface area contributed by atoms with Gasteiger partial charge in [0.2, 0.25) is 5.91 Å². The minimum absolute atomic E-state index is 0.0434. The number of hydrogen-bond donors (Lipinski definition) is 2. The molecule has 0 atom stereocenters. The fourth-order valence-electron chi connectivity index (χ4n) is 1.64. The van der Waals surface area contributed by atoms with Crippen LogP contribution in [0, 0.1) is 0 Å². The highest BCUT2D eigenvalue weighted by Gasteiger charge is 2.12. The van der Waals surface area contributed by atoms with Gasteiger partial charge in [-0.3, -0.25) is 9.59 Å². The van der Waals surface area contributed by atoms with E-state index in [-0.39, 0.29) is 17.8 Å². The number of carbonyl (C=O) groups excluding carboxylic acids is 2. The average Bonchev–Trinajstić information content (AvgIpc) is 2.45. The molecule has 7 nitrogen and oxygen atoms in total. The fraction of sp³-hybridized carbons (Fsp3) is 0.750. The molecule has 1 aliphatic heterocycles. The normalized spacial score (nSPS) is 14.3. The number of amides is 1. The quantitative estimate of drug-likeness (QED) is 0.516. The number of rotatable bonds is 8. The summed E-state index contributed by atoms with van der Waals surface area (Å²) in [6.45, 7) is 12.3. The Labute approximate surface area is 138 Å². The van der Waals surface area contributed by atoms with Crippen molar-refractivity contribution in [2.75, 3.05) is 26.3 Å². The van der Waals surface area contributed by atoms with E-state index in [1.54, 1.807) is 6.08 Å². The SMILES string of the molecule is CC(C)(C)OC=O.CCOC(CNC1=CC(=O)NCC1)OCC. The van der Waals surface area contributed by atoms with E-state index in [1.165, 1.54) is 0 Å². The Kier molecular flexibility index (Phi) is 11.1. The van der Waals surface area contributed by atoms with Crippen molar-refractivity contribution in [2.45, 2.75) is 52.9 Å². The van der Waals surface area contributed by atoms with Crippen molar-refractivity contribution < 1.29 is 23.8 Å². The third-order valence-corrected chi connectivity index (χ3v) is 2.60. The Morgan fingerprint density at radius 2 is 1.91 bits per heavy atom. The van der Waals surface area contributed by atoms with Crippen molar-refractivity contribution in [1.82, 2.24) is 10.6 Å². The molecule has 0 saturated carbocycles. The molecule has 0 unspecified atom stereocenters. The van der Waals surface area contributed by atoms with Crippen LogP contribution in [0.4, 0.5) is 0 Å². The van der Waals surface area contributed by atoms with Crippen LogP contribution in [0.2, 0.25) is 0 Å². The first kappa shape index (κ1) is 21.4. The van der Waals surface area contributed by atoms with Crippen molar-refractivity contribution in [3.8, 4) is 0 Å². The van der Waals surface area contributed by atoms with Gasteiger partial charge in [-0.1, -0.05) is 0 Å². The highest BCUT2D eigenvalue weighted by Crippen LogP contribution is 2.03. The summed E-state index contributed by atoms with van der Waals surface area (Å²) in [6, 6.07) is 0. The van der Waals surface area contributed by atoms with Crippen LogP contribution in [0.25, 0.3) is 0 Å². The van der Waals surface area contributed by atoms with Gasteiger partial charge < -0.3 is 24.8 Å². The van der Waals surface area contributed by atoms with Gasteiger partial charge in [-0.05, 0) is 34.6 Å². The summed E-state index contributed by atoms with van der Waals surface area (Å²) in [4.78, 5) is 20.7. The summed E-state index contributed by atoms with van der Waals surface area (Å²) in [5.41, 5.74) is 0.620. The molecular weight excluding hydrogens is 300 g/mol. The molecule has 0 aliphatic carbocycles. The Morgan fingerprint density at radius 1 is 1.30 bits per heavy atom. The number of ether oxygens (including phenoxy) is 3. The van der Waals surface area contributed by atoms with Gasteiger partial charge in [-0.25, -0.2) is 0 Å². The zero-order chi connectivity index (χ0) is 17.7. The van der Waals surface area contributed by atoms with Crippen LogP contribution in [-0.4, -0.2) is 50.6 Å². The predicted octanol–water partition coefficient (Wildman–Crippen LogP) is 1.34. The first-order valence-corrected chi connectivity index (χ1v) is 7.89. The van der Waals surface area contributed by atoms with Gasteiger partial charge in [0.15, 0.2) is 6.29 Å². The van der Waals surface area contributed by atoms with Crippen LogP contribution < -0.4 is 10.6 Å². The van der Waals surface area contributed by atoms with Crippen LogP contribution in [-0.2, 0) is 23.8 Å². The minimum atomic E-state index is -0.318. The smallest absolute Gasteiger partial charge is 0.293 e. The molecule has 0 bridgehead atoms. The van der Waals surface area contributed by atoms with Crippen LogP contribution in [0.15, 0.2) is 11.8 Å². The van der Waals surface area contributed by atoms with E-state index in [4.69, 9.17) is 9.47 Å². The van der Waals surface area contributed by atoms with Gasteiger partial charge >= 0.3 is 0 Å². The standard InChI is InChI=1S/C11H20N2O3.C5H10O2/c1-3-15-11(16-4-2)8-13-9-5-6-12-10(14)7-9;1-5(2,3)7-4-6/h7,11,13H,3-6,8H2,1-2H3,(H,12,14);4H,1-3H3. The van der Waals surface area contributed by atoms with E-state index in [0.29, 0.717) is 32.8 Å². The lowest BCUT2D eigenvalue weighted by Gasteiger charge is -2.21. The number of hydrogen-bond acceptors (Lipinski definition) is 6. The lowest BCUT2D eigenvalue weighted by molar-refractivity contribution is -0.138. The largest absolute Gasteiger partial charge is 0.462 e. The summed E-state index contributed by atoms with van der Waals surface area (Å²) in [6.07, 6.45) is 2.16. The maximum atomic E-state index is 11.1. The zero-order valence-electron chi connectivity index (χ0n) is 14.8. The predicted molar refractivity (Wildman–Crippen MR) is 87.7 cm³/mol. The molecule has 1 amide bonds. The van der Waals surface area contributed by atoms with Crippen LogP contribution in [0.5, 0.6) is 0 Å². The maximum Gasteiger partial charge on any atom is 0.293 e. The van der Waals surface area contributed by atoms with Gasteiger partial charge in [0.05, 0.1) is 6.54 Å². The molecule has 0 aromatic carbocycles. The first-order valence-electron chi connectivity index (χ1n) is 7.89. The minimum Gasteiger partial charge on any atom is -0.462 e. The van der Waals surface area contributed by atoms with E-state index in [9.17, 15) is 9.59 Å². The van der Waals surface area contributed by atoms with Gasteiger partial charge in [0.25, 0.3) is 6.47 Å². The third kappa shape index (κ3) is 12.6. The monoisotopic (exact) mass is 330 g/mol. The second kappa shape index (κ2) is 11.9. The third-order valence-electron chi connectivity index (χ3n) is 2.60.